The highest BCUT2D eigenvalue weighted by Gasteiger charge is 2.17. The van der Waals surface area contributed by atoms with Crippen LogP contribution < -0.4 is 21.7 Å². The van der Waals surface area contributed by atoms with Gasteiger partial charge in [0.1, 0.15) is 0 Å². The Morgan fingerprint density at radius 1 is 1.00 bits per heavy atom. The number of carbonyl (C=O) groups is 2. The molecule has 5 N–H and O–H groups in total. The summed E-state index contributed by atoms with van der Waals surface area (Å²) in [4.78, 5) is 23.0. The highest BCUT2D eigenvalue weighted by molar-refractivity contribution is 5.87. The van der Waals surface area contributed by atoms with Crippen LogP contribution in [0.3, 0.4) is 0 Å². The van der Waals surface area contributed by atoms with Crippen LogP contribution in [0.15, 0.2) is 0 Å². The fourth-order valence-electron chi connectivity index (χ4n) is 1.66. The fourth-order valence-corrected chi connectivity index (χ4v) is 1.66. The van der Waals surface area contributed by atoms with Crippen molar-refractivity contribution in [2.75, 3.05) is 26.7 Å². The van der Waals surface area contributed by atoms with Crippen LogP contribution in [0.2, 0.25) is 0 Å². The van der Waals surface area contributed by atoms with Crippen molar-refractivity contribution in [1.29, 1.82) is 0 Å². The highest BCUT2D eigenvalue weighted by atomic mass is 16.2. The van der Waals surface area contributed by atoms with Crippen LogP contribution >= 0.6 is 0 Å². The third-order valence-corrected chi connectivity index (χ3v) is 3.12. The van der Waals surface area contributed by atoms with Gasteiger partial charge in [-0.25, -0.2) is 0 Å². The van der Waals surface area contributed by atoms with Gasteiger partial charge in [0, 0.05) is 6.54 Å². The van der Waals surface area contributed by atoms with E-state index in [0.29, 0.717) is 6.54 Å². The van der Waals surface area contributed by atoms with Gasteiger partial charge >= 0.3 is 0 Å². The average Bonchev–Trinajstić information content (AvgIpc) is 2.42. The number of unbranched alkanes of at least 4 members (excludes halogenated alkanes) is 3. The summed E-state index contributed by atoms with van der Waals surface area (Å²) in [6, 6.07) is -0.560. The molecular weight excluding hydrogens is 256 g/mol. The smallest absolute Gasteiger partial charge is 0.239 e. The summed E-state index contributed by atoms with van der Waals surface area (Å²) in [6.45, 7) is 5.44. The molecule has 6 nitrogen and oxygen atoms in total. The van der Waals surface area contributed by atoms with E-state index in [2.05, 4.69) is 16.0 Å². The fraction of sp³-hybridized carbons (Fsp3) is 0.857. The number of hydrogen-bond donors (Lipinski definition) is 4. The Kier molecular flexibility index (Phi) is 11.0. The lowest BCUT2D eigenvalue weighted by Crippen LogP contribution is -2.47. The molecule has 0 aliphatic heterocycles. The molecule has 0 unspecified atom stereocenters. The molecule has 0 aliphatic rings. The Morgan fingerprint density at radius 2 is 1.60 bits per heavy atom. The van der Waals surface area contributed by atoms with Gasteiger partial charge in [-0.1, -0.05) is 26.7 Å². The second-order valence-electron chi connectivity index (χ2n) is 5.36. The number of amides is 2. The molecule has 0 saturated heterocycles. The largest absolute Gasteiger partial charge is 0.355 e. The number of nitrogens with one attached hydrogen (secondary N) is 3. The number of hydrogen-bond acceptors (Lipinski definition) is 4. The number of rotatable bonds is 11. The highest BCUT2D eigenvalue weighted by Crippen LogP contribution is 1.98. The molecule has 118 valence electrons. The summed E-state index contributed by atoms with van der Waals surface area (Å²) in [6.07, 6.45) is 4.39. The summed E-state index contributed by atoms with van der Waals surface area (Å²) < 4.78 is 0. The van der Waals surface area contributed by atoms with Gasteiger partial charge in [-0.3, -0.25) is 9.59 Å². The number of nitrogens with two attached hydrogens (primary N) is 1. The van der Waals surface area contributed by atoms with Crippen molar-refractivity contribution < 1.29 is 9.59 Å². The summed E-state index contributed by atoms with van der Waals surface area (Å²) in [5.41, 5.74) is 5.68. The second-order valence-corrected chi connectivity index (χ2v) is 5.36. The van der Waals surface area contributed by atoms with Gasteiger partial charge in [0.25, 0.3) is 0 Å². The van der Waals surface area contributed by atoms with Gasteiger partial charge in [0.2, 0.25) is 11.8 Å². The molecule has 0 aliphatic carbocycles. The predicted molar refractivity (Wildman–Crippen MR) is 81.2 cm³/mol. The lowest BCUT2D eigenvalue weighted by molar-refractivity contribution is -0.127. The van der Waals surface area contributed by atoms with Crippen LogP contribution in [0.25, 0.3) is 0 Å². The normalized spacial score (nSPS) is 12.2. The molecule has 6 heteroatoms. The maximum absolute atomic E-state index is 11.5. The molecule has 0 heterocycles. The summed E-state index contributed by atoms with van der Waals surface area (Å²) >= 11 is 0. The topological polar surface area (TPSA) is 96.2 Å². The maximum Gasteiger partial charge on any atom is 0.239 e. The molecule has 0 saturated carbocycles. The third-order valence-electron chi connectivity index (χ3n) is 3.12. The summed E-state index contributed by atoms with van der Waals surface area (Å²) in [5, 5.41) is 8.44. The van der Waals surface area contributed by atoms with Crippen LogP contribution in [0, 0.1) is 5.92 Å². The van der Waals surface area contributed by atoms with E-state index >= 15 is 0 Å². The van der Waals surface area contributed by atoms with E-state index in [-0.39, 0.29) is 24.3 Å². The van der Waals surface area contributed by atoms with Crippen LogP contribution in [0.1, 0.15) is 39.5 Å². The molecule has 0 bridgehead atoms. The Labute approximate surface area is 122 Å². The molecule has 0 radical (unpaired) electrons. The Morgan fingerprint density at radius 3 is 2.15 bits per heavy atom. The monoisotopic (exact) mass is 286 g/mol. The zero-order valence-corrected chi connectivity index (χ0v) is 13.0. The van der Waals surface area contributed by atoms with E-state index in [1.807, 2.05) is 20.9 Å². The van der Waals surface area contributed by atoms with Crippen molar-refractivity contribution in [3.8, 4) is 0 Å². The second kappa shape index (κ2) is 11.7. The van der Waals surface area contributed by atoms with Crippen molar-refractivity contribution in [3.05, 3.63) is 0 Å². The van der Waals surface area contributed by atoms with Gasteiger partial charge in [-0.15, -0.1) is 0 Å². The van der Waals surface area contributed by atoms with E-state index in [4.69, 9.17) is 5.73 Å². The standard InChI is InChI=1S/C14H30N4O2/c1-11(2)13(15)14(20)18-10-12(19)17-9-7-5-4-6-8-16-3/h11,13,16H,4-10,15H2,1-3H3,(H,17,19)(H,18,20)/t13-/m0/s1. The minimum atomic E-state index is -0.560. The van der Waals surface area contributed by atoms with E-state index in [9.17, 15) is 9.59 Å². The first-order chi connectivity index (χ1) is 9.49. The minimum Gasteiger partial charge on any atom is -0.355 e. The van der Waals surface area contributed by atoms with Crippen LogP contribution in [0.4, 0.5) is 0 Å². The minimum absolute atomic E-state index is 0.000984. The number of carbonyl (C=O) groups excluding carboxylic acids is 2. The lowest BCUT2D eigenvalue weighted by atomic mass is 10.1. The third kappa shape index (κ3) is 9.75. The molecule has 0 fully saturated rings. The SMILES string of the molecule is CNCCCCCCNC(=O)CNC(=O)[C@@H](N)C(C)C. The van der Waals surface area contributed by atoms with Crippen molar-refractivity contribution in [3.63, 3.8) is 0 Å². The predicted octanol–water partition coefficient (Wildman–Crippen LogP) is -0.0181. The molecule has 0 aromatic rings. The maximum atomic E-state index is 11.5. The van der Waals surface area contributed by atoms with E-state index in [1.54, 1.807) is 0 Å². The summed E-state index contributed by atoms with van der Waals surface area (Å²) in [7, 11) is 1.94. The first-order valence-corrected chi connectivity index (χ1v) is 7.43. The van der Waals surface area contributed by atoms with Crippen LogP contribution in [0.5, 0.6) is 0 Å². The zero-order valence-electron chi connectivity index (χ0n) is 13.0. The van der Waals surface area contributed by atoms with Crippen molar-refractivity contribution in [2.24, 2.45) is 11.7 Å². The first kappa shape index (κ1) is 18.9. The van der Waals surface area contributed by atoms with Crippen LogP contribution in [-0.2, 0) is 9.59 Å². The van der Waals surface area contributed by atoms with Gasteiger partial charge < -0.3 is 21.7 Å². The summed E-state index contributed by atoms with van der Waals surface area (Å²) in [5.74, 6) is -0.373. The lowest BCUT2D eigenvalue weighted by Gasteiger charge is -2.15. The van der Waals surface area contributed by atoms with Crippen molar-refractivity contribution in [2.45, 2.75) is 45.6 Å². The van der Waals surface area contributed by atoms with Gasteiger partial charge in [-0.2, -0.15) is 0 Å². The van der Waals surface area contributed by atoms with Crippen LogP contribution in [-0.4, -0.2) is 44.5 Å². The molecule has 1 atom stereocenters. The van der Waals surface area contributed by atoms with Gasteiger partial charge in [-0.05, 0) is 32.4 Å². The van der Waals surface area contributed by atoms with Gasteiger partial charge in [0.05, 0.1) is 12.6 Å². The van der Waals surface area contributed by atoms with Crippen molar-refractivity contribution >= 4 is 11.8 Å². The average molecular weight is 286 g/mol. The quantitative estimate of drug-likeness (QED) is 0.401. The zero-order chi connectivity index (χ0) is 15.4. The Bertz CT molecular complexity index is 282. The molecule has 2 amide bonds. The Balaban J connectivity index is 3.52. The molecule has 0 spiro atoms. The van der Waals surface area contributed by atoms with E-state index in [1.165, 1.54) is 0 Å². The van der Waals surface area contributed by atoms with E-state index < -0.39 is 6.04 Å². The Hall–Kier alpha value is -1.14. The molecule has 0 aromatic carbocycles. The molecular formula is C14H30N4O2. The molecule has 20 heavy (non-hydrogen) atoms. The molecule has 0 aromatic heterocycles. The molecule has 0 rings (SSSR count). The van der Waals surface area contributed by atoms with Crippen molar-refractivity contribution in [1.82, 2.24) is 16.0 Å². The van der Waals surface area contributed by atoms with Gasteiger partial charge in [0.15, 0.2) is 0 Å². The first-order valence-electron chi connectivity index (χ1n) is 7.43. The van der Waals surface area contributed by atoms with E-state index in [0.717, 1.165) is 32.2 Å².